The molecule has 0 aliphatic heterocycles. The van der Waals surface area contributed by atoms with E-state index in [4.69, 9.17) is 4.74 Å². The SMILES string of the molecule is C=CCCC1C(CCCC)C1CCOC(=O)NCC=C. The first kappa shape index (κ1) is 16.8. The molecule has 0 radical (unpaired) electrons. The summed E-state index contributed by atoms with van der Waals surface area (Å²) in [6.45, 7) is 10.6. The summed E-state index contributed by atoms with van der Waals surface area (Å²) < 4.78 is 5.18. The number of alkyl carbamates (subject to hydrolysis) is 1. The van der Waals surface area contributed by atoms with Crippen molar-refractivity contribution in [3.63, 3.8) is 0 Å². The number of nitrogens with one attached hydrogen (secondary N) is 1. The van der Waals surface area contributed by atoms with Crippen LogP contribution < -0.4 is 5.32 Å². The van der Waals surface area contributed by atoms with E-state index in [0.717, 1.165) is 30.6 Å². The van der Waals surface area contributed by atoms with Crippen LogP contribution in [0.1, 0.15) is 45.4 Å². The molecular formula is C17H29NO2. The van der Waals surface area contributed by atoms with Gasteiger partial charge in [-0.3, -0.25) is 0 Å². The van der Waals surface area contributed by atoms with Crippen molar-refractivity contribution >= 4 is 6.09 Å². The van der Waals surface area contributed by atoms with E-state index in [2.05, 4.69) is 25.4 Å². The van der Waals surface area contributed by atoms with Crippen molar-refractivity contribution in [1.29, 1.82) is 0 Å². The Morgan fingerprint density at radius 3 is 2.50 bits per heavy atom. The third-order valence-corrected chi connectivity index (χ3v) is 4.18. The van der Waals surface area contributed by atoms with Crippen molar-refractivity contribution < 1.29 is 9.53 Å². The van der Waals surface area contributed by atoms with E-state index in [-0.39, 0.29) is 6.09 Å². The standard InChI is InChI=1S/C17H29NO2/c1-4-7-9-14-15(10-8-5-2)16(14)11-13-20-17(19)18-12-6-3/h4,6,14-16H,1,3,5,7-13H2,2H3,(H,18,19). The molecule has 1 aliphatic rings. The summed E-state index contributed by atoms with van der Waals surface area (Å²) in [4.78, 5) is 11.3. The smallest absolute Gasteiger partial charge is 0.407 e. The topological polar surface area (TPSA) is 38.3 Å². The molecule has 0 aromatic heterocycles. The number of ether oxygens (including phenoxy) is 1. The fraction of sp³-hybridized carbons (Fsp3) is 0.706. The number of allylic oxidation sites excluding steroid dienone is 1. The van der Waals surface area contributed by atoms with Crippen molar-refractivity contribution in [1.82, 2.24) is 5.32 Å². The largest absolute Gasteiger partial charge is 0.450 e. The second-order valence-corrected chi connectivity index (χ2v) is 5.59. The molecule has 1 fully saturated rings. The van der Waals surface area contributed by atoms with E-state index in [1.807, 2.05) is 6.08 Å². The van der Waals surface area contributed by atoms with Crippen LogP contribution in [0.3, 0.4) is 0 Å². The highest BCUT2D eigenvalue weighted by Gasteiger charge is 2.47. The second kappa shape index (κ2) is 9.62. The average Bonchev–Trinajstić information content (AvgIpc) is 3.12. The van der Waals surface area contributed by atoms with E-state index < -0.39 is 0 Å². The zero-order chi connectivity index (χ0) is 14.8. The molecule has 1 aliphatic carbocycles. The van der Waals surface area contributed by atoms with Gasteiger partial charge in [-0.05, 0) is 43.4 Å². The van der Waals surface area contributed by atoms with Crippen molar-refractivity contribution in [2.45, 2.75) is 45.4 Å². The Labute approximate surface area is 123 Å². The maximum atomic E-state index is 11.3. The molecule has 20 heavy (non-hydrogen) atoms. The minimum absolute atomic E-state index is 0.335. The minimum atomic E-state index is -0.335. The Hall–Kier alpha value is -1.25. The van der Waals surface area contributed by atoms with Gasteiger partial charge < -0.3 is 10.1 Å². The highest BCUT2D eigenvalue weighted by Crippen LogP contribution is 2.54. The van der Waals surface area contributed by atoms with E-state index in [9.17, 15) is 4.79 Å². The zero-order valence-electron chi connectivity index (χ0n) is 12.8. The Balaban J connectivity index is 2.20. The molecule has 1 saturated carbocycles. The average molecular weight is 279 g/mol. The third-order valence-electron chi connectivity index (χ3n) is 4.18. The molecule has 0 saturated heterocycles. The molecule has 0 aromatic rings. The molecule has 0 aromatic carbocycles. The lowest BCUT2D eigenvalue weighted by atomic mass is 10.1. The van der Waals surface area contributed by atoms with Gasteiger partial charge in [-0.25, -0.2) is 4.79 Å². The monoisotopic (exact) mass is 279 g/mol. The number of carbonyl (C=O) groups excluding carboxylic acids is 1. The molecule has 3 atom stereocenters. The quantitative estimate of drug-likeness (QED) is 0.572. The molecule has 0 heterocycles. The number of hydrogen-bond donors (Lipinski definition) is 1. The first-order valence-corrected chi connectivity index (χ1v) is 7.87. The lowest BCUT2D eigenvalue weighted by Gasteiger charge is -2.05. The molecule has 0 bridgehead atoms. The minimum Gasteiger partial charge on any atom is -0.450 e. The summed E-state index contributed by atoms with van der Waals surface area (Å²) in [6.07, 6.45) is 10.6. The van der Waals surface area contributed by atoms with Gasteiger partial charge in [-0.15, -0.1) is 13.2 Å². The summed E-state index contributed by atoms with van der Waals surface area (Å²) >= 11 is 0. The van der Waals surface area contributed by atoms with Crippen LogP contribution in [0.4, 0.5) is 4.79 Å². The molecule has 3 nitrogen and oxygen atoms in total. The van der Waals surface area contributed by atoms with Crippen LogP contribution in [0.15, 0.2) is 25.3 Å². The Kier molecular flexibility index (Phi) is 8.08. The Morgan fingerprint density at radius 2 is 1.85 bits per heavy atom. The zero-order valence-corrected chi connectivity index (χ0v) is 12.8. The van der Waals surface area contributed by atoms with Crippen molar-refractivity contribution in [2.75, 3.05) is 13.2 Å². The number of rotatable bonds is 11. The molecule has 3 heteroatoms. The van der Waals surface area contributed by atoms with Gasteiger partial charge in [0.15, 0.2) is 0 Å². The highest BCUT2D eigenvalue weighted by atomic mass is 16.5. The predicted octanol–water partition coefficient (Wildman–Crippen LogP) is 4.31. The number of amides is 1. The molecule has 0 spiro atoms. The van der Waals surface area contributed by atoms with Crippen LogP contribution in [0.5, 0.6) is 0 Å². The predicted molar refractivity (Wildman–Crippen MR) is 83.6 cm³/mol. The Morgan fingerprint density at radius 1 is 1.15 bits per heavy atom. The molecule has 1 amide bonds. The van der Waals surface area contributed by atoms with Crippen LogP contribution in [0, 0.1) is 17.8 Å². The molecular weight excluding hydrogens is 250 g/mol. The first-order valence-electron chi connectivity index (χ1n) is 7.87. The fourth-order valence-corrected chi connectivity index (χ4v) is 3.05. The Bertz CT molecular complexity index is 314. The molecule has 1 N–H and O–H groups in total. The van der Waals surface area contributed by atoms with Crippen molar-refractivity contribution in [2.24, 2.45) is 17.8 Å². The number of hydrogen-bond acceptors (Lipinski definition) is 2. The fourth-order valence-electron chi connectivity index (χ4n) is 3.05. The summed E-state index contributed by atoms with van der Waals surface area (Å²) in [5, 5.41) is 2.62. The summed E-state index contributed by atoms with van der Waals surface area (Å²) in [6, 6.07) is 0. The molecule has 114 valence electrons. The number of unbranched alkanes of at least 4 members (excludes halogenated alkanes) is 1. The summed E-state index contributed by atoms with van der Waals surface area (Å²) in [7, 11) is 0. The van der Waals surface area contributed by atoms with Gasteiger partial charge in [0.05, 0.1) is 6.61 Å². The van der Waals surface area contributed by atoms with Gasteiger partial charge in [0.2, 0.25) is 0 Å². The van der Waals surface area contributed by atoms with E-state index >= 15 is 0 Å². The van der Waals surface area contributed by atoms with Gasteiger partial charge in [0, 0.05) is 6.54 Å². The van der Waals surface area contributed by atoms with Gasteiger partial charge in [-0.2, -0.15) is 0 Å². The molecule has 1 rings (SSSR count). The maximum Gasteiger partial charge on any atom is 0.407 e. The second-order valence-electron chi connectivity index (χ2n) is 5.59. The van der Waals surface area contributed by atoms with Crippen LogP contribution in [0.25, 0.3) is 0 Å². The van der Waals surface area contributed by atoms with Gasteiger partial charge in [0.25, 0.3) is 0 Å². The van der Waals surface area contributed by atoms with Gasteiger partial charge in [0.1, 0.15) is 0 Å². The van der Waals surface area contributed by atoms with Crippen LogP contribution in [-0.2, 0) is 4.74 Å². The van der Waals surface area contributed by atoms with Crippen LogP contribution >= 0.6 is 0 Å². The van der Waals surface area contributed by atoms with Gasteiger partial charge >= 0.3 is 6.09 Å². The maximum absolute atomic E-state index is 11.3. The van der Waals surface area contributed by atoms with Crippen LogP contribution in [-0.4, -0.2) is 19.2 Å². The van der Waals surface area contributed by atoms with E-state index in [1.54, 1.807) is 6.08 Å². The molecule has 3 unspecified atom stereocenters. The summed E-state index contributed by atoms with van der Waals surface area (Å²) in [5.41, 5.74) is 0. The first-order chi connectivity index (χ1) is 9.74. The normalized spacial score (nSPS) is 23.9. The highest BCUT2D eigenvalue weighted by molar-refractivity contribution is 5.67. The van der Waals surface area contributed by atoms with Crippen molar-refractivity contribution in [3.05, 3.63) is 25.3 Å². The van der Waals surface area contributed by atoms with E-state index in [0.29, 0.717) is 13.2 Å². The third kappa shape index (κ3) is 5.81. The lowest BCUT2D eigenvalue weighted by Crippen LogP contribution is -2.24. The van der Waals surface area contributed by atoms with Crippen molar-refractivity contribution in [3.8, 4) is 0 Å². The van der Waals surface area contributed by atoms with E-state index in [1.165, 1.54) is 25.7 Å². The lowest BCUT2D eigenvalue weighted by molar-refractivity contribution is 0.143. The van der Waals surface area contributed by atoms with Crippen LogP contribution in [0.2, 0.25) is 0 Å². The number of carbonyl (C=O) groups is 1. The van der Waals surface area contributed by atoms with Gasteiger partial charge in [-0.1, -0.05) is 31.9 Å². The summed E-state index contributed by atoms with van der Waals surface area (Å²) in [5.74, 6) is 2.41.